The van der Waals surface area contributed by atoms with E-state index in [1.54, 1.807) is 0 Å². The third-order valence-corrected chi connectivity index (χ3v) is 9.76. The largest absolute Gasteiger partial charge is 0.395 e. The molecule has 10 heteroatoms. The van der Waals surface area contributed by atoms with Gasteiger partial charge in [0.2, 0.25) is 5.91 Å². The summed E-state index contributed by atoms with van der Waals surface area (Å²) in [6.45, 7) is 11.6. The fraction of sp³-hybridized carbons (Fsp3) is 0.500. The normalized spacial score (nSPS) is 17.1. The highest BCUT2D eigenvalue weighted by Crippen LogP contribution is 2.34. The van der Waals surface area contributed by atoms with Crippen LogP contribution in [-0.4, -0.2) is 94.1 Å². The molecule has 5 rings (SSSR count). The predicted molar refractivity (Wildman–Crippen MR) is 181 cm³/mol. The topological polar surface area (TPSA) is 114 Å². The third-order valence-electron chi connectivity index (χ3n) is 9.76. The molecule has 2 aliphatic heterocycles. The van der Waals surface area contributed by atoms with Crippen molar-refractivity contribution >= 4 is 17.5 Å². The molecule has 2 fully saturated rings. The summed E-state index contributed by atoms with van der Waals surface area (Å²) in [7, 11) is 0. The summed E-state index contributed by atoms with van der Waals surface area (Å²) < 4.78 is 0. The van der Waals surface area contributed by atoms with E-state index in [0.717, 1.165) is 75.4 Å². The van der Waals surface area contributed by atoms with Crippen molar-refractivity contribution in [3.63, 3.8) is 0 Å². The minimum atomic E-state index is -0.0862. The second kappa shape index (κ2) is 15.6. The van der Waals surface area contributed by atoms with E-state index in [2.05, 4.69) is 91.9 Å². The molecule has 0 aliphatic carbocycles. The molecule has 2 aliphatic rings. The van der Waals surface area contributed by atoms with E-state index in [4.69, 9.17) is 5.11 Å². The molecule has 0 radical (unpaired) electrons. The van der Waals surface area contributed by atoms with Gasteiger partial charge in [0.1, 0.15) is 6.33 Å². The number of hydrogen-bond acceptors (Lipinski definition) is 8. The molecule has 2 amide bonds. The highest BCUT2D eigenvalue weighted by atomic mass is 16.3. The van der Waals surface area contributed by atoms with Crippen LogP contribution in [0.1, 0.15) is 65.5 Å². The van der Waals surface area contributed by atoms with Gasteiger partial charge in [-0.05, 0) is 69.7 Å². The highest BCUT2D eigenvalue weighted by Gasteiger charge is 2.39. The Morgan fingerprint density at radius 3 is 2.22 bits per heavy atom. The van der Waals surface area contributed by atoms with Gasteiger partial charge >= 0.3 is 0 Å². The van der Waals surface area contributed by atoms with E-state index < -0.39 is 0 Å². The summed E-state index contributed by atoms with van der Waals surface area (Å²) in [5.41, 5.74) is 5.74. The number of aliphatic hydroxyl groups is 1. The second-order valence-electron chi connectivity index (χ2n) is 12.9. The number of anilines is 1. The molecule has 3 N–H and O–H groups in total. The van der Waals surface area contributed by atoms with E-state index in [1.165, 1.54) is 17.6 Å². The zero-order valence-corrected chi connectivity index (χ0v) is 27.5. The number of carbonyl (C=O) groups is 2. The van der Waals surface area contributed by atoms with Gasteiger partial charge in [-0.1, -0.05) is 42.5 Å². The smallest absolute Gasteiger partial charge is 0.257 e. The predicted octanol–water partition coefficient (Wildman–Crippen LogP) is 3.46. The van der Waals surface area contributed by atoms with Crippen LogP contribution < -0.4 is 15.5 Å². The monoisotopic (exact) mass is 627 g/mol. The number of amides is 2. The molecule has 246 valence electrons. The Morgan fingerprint density at radius 1 is 0.935 bits per heavy atom. The number of likely N-dealkylation sites (tertiary alicyclic amines) is 2. The second-order valence-corrected chi connectivity index (χ2v) is 12.9. The molecule has 0 saturated carbocycles. The molecule has 0 bridgehead atoms. The molecule has 3 aromatic rings. The Balaban J connectivity index is 1.19. The average Bonchev–Trinajstić information content (AvgIpc) is 3.07. The lowest BCUT2D eigenvalue weighted by atomic mass is 9.85. The first kappa shape index (κ1) is 33.5. The van der Waals surface area contributed by atoms with E-state index in [1.807, 2.05) is 18.7 Å². The highest BCUT2D eigenvalue weighted by molar-refractivity contribution is 5.96. The van der Waals surface area contributed by atoms with Crippen molar-refractivity contribution in [2.45, 2.75) is 71.1 Å². The summed E-state index contributed by atoms with van der Waals surface area (Å²) in [5.74, 6) is -0.0340. The quantitative estimate of drug-likeness (QED) is 0.262. The van der Waals surface area contributed by atoms with Gasteiger partial charge in [0, 0.05) is 63.1 Å². The fourth-order valence-corrected chi connectivity index (χ4v) is 6.85. The number of aliphatic hydroxyl groups excluding tert-OH is 1. The molecule has 46 heavy (non-hydrogen) atoms. The van der Waals surface area contributed by atoms with Crippen LogP contribution in [0.25, 0.3) is 0 Å². The van der Waals surface area contributed by atoms with Crippen molar-refractivity contribution in [3.05, 3.63) is 89.0 Å². The molecule has 2 saturated heterocycles. The zero-order chi connectivity index (χ0) is 32.5. The Morgan fingerprint density at radius 2 is 1.59 bits per heavy atom. The molecular weight excluding hydrogens is 578 g/mol. The standard InChI is InChI=1S/C36H49N7O3/c1-27-34(28(2)40-26-39-27)35(46)41-20-15-36(3,16-21-41)42-18-13-32(14-19-42)43(25-30-7-5-4-6-8-30)31-11-9-29(10-12-31)23-38-33(45)24-37-17-22-44/h4-12,26,32,37,44H,13-25H2,1-3H3,(H,38,45). The number of rotatable bonds is 12. The van der Waals surface area contributed by atoms with Gasteiger partial charge in [0.05, 0.1) is 30.1 Å². The number of piperidine rings is 2. The number of aromatic nitrogens is 2. The Bertz CT molecular complexity index is 1410. The Labute approximate surface area is 273 Å². The van der Waals surface area contributed by atoms with Gasteiger partial charge in [-0.3, -0.25) is 14.5 Å². The molecule has 0 atom stereocenters. The van der Waals surface area contributed by atoms with Gasteiger partial charge in [0.15, 0.2) is 0 Å². The first-order valence-corrected chi connectivity index (χ1v) is 16.6. The summed E-state index contributed by atoms with van der Waals surface area (Å²) in [6.07, 6.45) is 5.59. The van der Waals surface area contributed by atoms with Crippen LogP contribution >= 0.6 is 0 Å². The maximum atomic E-state index is 13.4. The third kappa shape index (κ3) is 8.29. The lowest BCUT2D eigenvalue weighted by molar-refractivity contribution is -0.120. The van der Waals surface area contributed by atoms with Crippen LogP contribution in [0.3, 0.4) is 0 Å². The molecule has 0 spiro atoms. The summed E-state index contributed by atoms with van der Waals surface area (Å²) in [5, 5.41) is 14.7. The number of hydrogen-bond donors (Lipinski definition) is 3. The van der Waals surface area contributed by atoms with Crippen LogP contribution in [0.2, 0.25) is 0 Å². The maximum Gasteiger partial charge on any atom is 0.257 e. The van der Waals surface area contributed by atoms with Gasteiger partial charge in [-0.15, -0.1) is 0 Å². The molecule has 1 aromatic heterocycles. The van der Waals surface area contributed by atoms with Crippen LogP contribution in [-0.2, 0) is 17.9 Å². The molecular formula is C36H49N7O3. The van der Waals surface area contributed by atoms with Crippen molar-refractivity contribution in [1.29, 1.82) is 0 Å². The number of benzene rings is 2. The van der Waals surface area contributed by atoms with Crippen molar-refractivity contribution in [2.75, 3.05) is 50.8 Å². The minimum Gasteiger partial charge on any atom is -0.395 e. The average molecular weight is 628 g/mol. The van der Waals surface area contributed by atoms with Gasteiger partial charge in [-0.2, -0.15) is 0 Å². The van der Waals surface area contributed by atoms with Gasteiger partial charge in [-0.25, -0.2) is 9.97 Å². The summed E-state index contributed by atoms with van der Waals surface area (Å²) in [4.78, 5) is 41.2. The van der Waals surface area contributed by atoms with Crippen molar-refractivity contribution in [2.24, 2.45) is 0 Å². The van der Waals surface area contributed by atoms with Crippen molar-refractivity contribution in [3.8, 4) is 0 Å². The van der Waals surface area contributed by atoms with Crippen molar-refractivity contribution < 1.29 is 14.7 Å². The zero-order valence-electron chi connectivity index (χ0n) is 27.5. The van der Waals surface area contributed by atoms with E-state index in [9.17, 15) is 9.59 Å². The summed E-state index contributed by atoms with van der Waals surface area (Å²) >= 11 is 0. The maximum absolute atomic E-state index is 13.4. The Hall–Kier alpha value is -3.86. The summed E-state index contributed by atoms with van der Waals surface area (Å²) in [6, 6.07) is 19.6. The lowest BCUT2D eigenvalue weighted by Gasteiger charge is -2.50. The number of aryl methyl sites for hydroxylation is 2. The molecule has 3 heterocycles. The van der Waals surface area contributed by atoms with Crippen LogP contribution in [0.4, 0.5) is 5.69 Å². The van der Waals surface area contributed by atoms with Gasteiger partial charge < -0.3 is 25.5 Å². The van der Waals surface area contributed by atoms with E-state index in [0.29, 0.717) is 24.7 Å². The first-order chi connectivity index (χ1) is 22.3. The molecule has 2 aromatic carbocycles. The van der Waals surface area contributed by atoms with Gasteiger partial charge in [0.25, 0.3) is 5.91 Å². The van der Waals surface area contributed by atoms with E-state index in [-0.39, 0.29) is 30.5 Å². The number of nitrogens with one attached hydrogen (secondary N) is 2. The molecule has 10 nitrogen and oxygen atoms in total. The van der Waals surface area contributed by atoms with E-state index >= 15 is 0 Å². The fourth-order valence-electron chi connectivity index (χ4n) is 6.85. The minimum absolute atomic E-state index is 0.0126. The number of carbonyl (C=O) groups excluding carboxylic acids is 2. The van der Waals surface area contributed by atoms with Crippen LogP contribution in [0.15, 0.2) is 60.9 Å². The molecule has 0 unspecified atom stereocenters. The van der Waals surface area contributed by atoms with Crippen LogP contribution in [0, 0.1) is 13.8 Å². The first-order valence-electron chi connectivity index (χ1n) is 16.6. The SMILES string of the molecule is Cc1ncnc(C)c1C(=O)N1CCC(C)(N2CCC(N(Cc3ccccc3)c3ccc(CNC(=O)CNCCO)cc3)CC2)CC1. The van der Waals surface area contributed by atoms with Crippen LogP contribution in [0.5, 0.6) is 0 Å². The van der Waals surface area contributed by atoms with Crippen molar-refractivity contribution in [1.82, 2.24) is 30.4 Å². The number of nitrogens with zero attached hydrogens (tertiary/aromatic N) is 5. The Kier molecular flexibility index (Phi) is 11.4. The lowest BCUT2D eigenvalue weighted by Crippen LogP contribution is -2.58.